The van der Waals surface area contributed by atoms with Crippen LogP contribution in [-0.2, 0) is 11.3 Å². The first-order valence-electron chi connectivity index (χ1n) is 8.65. The Bertz CT molecular complexity index is 907. The van der Waals surface area contributed by atoms with E-state index >= 15 is 0 Å². The number of alkyl carbamates (subject to hydrolysis) is 1. The standard InChI is InChI=1S/C22H20N2O2/c23-16-7-5-6-15(12-16)13-24-22(25)26-14-21-19-10-3-1-8-17(19)18-9-2-4-11-20(18)21/h1-12,21H,13-14,23H2,(H,24,25). The van der Waals surface area contributed by atoms with Crippen LogP contribution < -0.4 is 11.1 Å². The van der Waals surface area contributed by atoms with Crippen molar-refractivity contribution >= 4 is 11.8 Å². The van der Waals surface area contributed by atoms with Crippen LogP contribution in [0.4, 0.5) is 10.5 Å². The van der Waals surface area contributed by atoms with Crippen molar-refractivity contribution in [3.8, 4) is 11.1 Å². The molecule has 0 radical (unpaired) electrons. The quantitative estimate of drug-likeness (QED) is 0.693. The van der Waals surface area contributed by atoms with Crippen LogP contribution in [0.1, 0.15) is 22.6 Å². The minimum absolute atomic E-state index is 0.0699. The summed E-state index contributed by atoms with van der Waals surface area (Å²) < 4.78 is 5.51. The number of carbonyl (C=O) groups is 1. The highest BCUT2D eigenvalue weighted by atomic mass is 16.5. The highest BCUT2D eigenvalue weighted by Crippen LogP contribution is 2.44. The molecule has 0 unspecified atom stereocenters. The van der Waals surface area contributed by atoms with Crippen molar-refractivity contribution in [1.82, 2.24) is 5.32 Å². The minimum Gasteiger partial charge on any atom is -0.449 e. The summed E-state index contributed by atoms with van der Waals surface area (Å²) in [6.45, 7) is 0.707. The molecule has 0 aliphatic heterocycles. The molecule has 3 N–H and O–H groups in total. The van der Waals surface area contributed by atoms with Crippen LogP contribution in [-0.4, -0.2) is 12.7 Å². The number of rotatable bonds is 4. The number of ether oxygens (including phenoxy) is 1. The summed E-state index contributed by atoms with van der Waals surface area (Å²) in [5.74, 6) is 0.0699. The summed E-state index contributed by atoms with van der Waals surface area (Å²) in [4.78, 5) is 12.1. The Morgan fingerprint density at radius 2 is 1.58 bits per heavy atom. The highest BCUT2D eigenvalue weighted by Gasteiger charge is 2.28. The molecule has 1 aliphatic rings. The highest BCUT2D eigenvalue weighted by molar-refractivity contribution is 5.79. The molecular weight excluding hydrogens is 324 g/mol. The van der Waals surface area contributed by atoms with Gasteiger partial charge in [-0.05, 0) is 39.9 Å². The third-order valence-electron chi connectivity index (χ3n) is 4.73. The largest absolute Gasteiger partial charge is 0.449 e. The van der Waals surface area contributed by atoms with Crippen LogP contribution in [0.5, 0.6) is 0 Å². The second-order valence-corrected chi connectivity index (χ2v) is 6.42. The van der Waals surface area contributed by atoms with Crippen LogP contribution in [0.3, 0.4) is 0 Å². The Labute approximate surface area is 152 Å². The predicted molar refractivity (Wildman–Crippen MR) is 103 cm³/mol. The minimum atomic E-state index is -0.422. The smallest absolute Gasteiger partial charge is 0.407 e. The van der Waals surface area contributed by atoms with E-state index < -0.39 is 6.09 Å². The molecular formula is C22H20N2O2. The second kappa shape index (κ2) is 6.92. The molecule has 4 heteroatoms. The Kier molecular flexibility index (Phi) is 4.32. The number of benzene rings is 3. The maximum Gasteiger partial charge on any atom is 0.407 e. The third-order valence-corrected chi connectivity index (χ3v) is 4.73. The number of hydrogen-bond donors (Lipinski definition) is 2. The van der Waals surface area contributed by atoms with E-state index in [-0.39, 0.29) is 5.92 Å². The first-order chi connectivity index (χ1) is 12.7. The molecule has 0 atom stereocenters. The van der Waals surface area contributed by atoms with E-state index in [1.165, 1.54) is 22.3 Å². The van der Waals surface area contributed by atoms with Gasteiger partial charge >= 0.3 is 6.09 Å². The lowest BCUT2D eigenvalue weighted by molar-refractivity contribution is 0.142. The fourth-order valence-corrected chi connectivity index (χ4v) is 3.53. The lowest BCUT2D eigenvalue weighted by Gasteiger charge is -2.14. The first kappa shape index (κ1) is 16.2. The molecule has 4 rings (SSSR count). The fourth-order valence-electron chi connectivity index (χ4n) is 3.53. The van der Waals surface area contributed by atoms with E-state index in [2.05, 4.69) is 29.6 Å². The van der Waals surface area contributed by atoms with Crippen molar-refractivity contribution in [3.05, 3.63) is 89.5 Å². The normalized spacial score (nSPS) is 12.3. The monoisotopic (exact) mass is 344 g/mol. The lowest BCUT2D eigenvalue weighted by atomic mass is 9.98. The fraction of sp³-hybridized carbons (Fsp3) is 0.136. The molecule has 130 valence electrons. The molecule has 0 bridgehead atoms. The zero-order chi connectivity index (χ0) is 17.9. The first-order valence-corrected chi connectivity index (χ1v) is 8.65. The third kappa shape index (κ3) is 3.14. The molecule has 0 fully saturated rings. The topological polar surface area (TPSA) is 64.3 Å². The lowest BCUT2D eigenvalue weighted by Crippen LogP contribution is -2.25. The summed E-state index contributed by atoms with van der Waals surface area (Å²) in [7, 11) is 0. The van der Waals surface area contributed by atoms with Crippen molar-refractivity contribution < 1.29 is 9.53 Å². The maximum absolute atomic E-state index is 12.1. The van der Waals surface area contributed by atoms with Crippen molar-refractivity contribution in [3.63, 3.8) is 0 Å². The van der Waals surface area contributed by atoms with Gasteiger partial charge in [0.25, 0.3) is 0 Å². The van der Waals surface area contributed by atoms with Gasteiger partial charge in [0.2, 0.25) is 0 Å². The number of nitrogens with two attached hydrogens (primary N) is 1. The van der Waals surface area contributed by atoms with Gasteiger partial charge in [-0.25, -0.2) is 4.79 Å². The van der Waals surface area contributed by atoms with Gasteiger partial charge < -0.3 is 15.8 Å². The molecule has 0 spiro atoms. The van der Waals surface area contributed by atoms with Gasteiger partial charge in [0.1, 0.15) is 6.61 Å². The van der Waals surface area contributed by atoms with E-state index in [1.807, 2.05) is 48.5 Å². The van der Waals surface area contributed by atoms with Gasteiger partial charge in [0, 0.05) is 18.2 Å². The van der Waals surface area contributed by atoms with Gasteiger partial charge in [-0.15, -0.1) is 0 Å². The van der Waals surface area contributed by atoms with E-state index in [0.717, 1.165) is 5.56 Å². The molecule has 0 heterocycles. The Hall–Kier alpha value is -3.27. The van der Waals surface area contributed by atoms with Crippen molar-refractivity contribution in [1.29, 1.82) is 0 Å². The number of nitrogens with one attached hydrogen (secondary N) is 1. The molecule has 1 amide bonds. The Morgan fingerprint density at radius 3 is 2.23 bits per heavy atom. The molecule has 3 aromatic carbocycles. The Morgan fingerprint density at radius 1 is 0.923 bits per heavy atom. The number of nitrogen functional groups attached to an aromatic ring is 1. The van der Waals surface area contributed by atoms with Crippen LogP contribution in [0.2, 0.25) is 0 Å². The number of hydrogen-bond acceptors (Lipinski definition) is 3. The zero-order valence-electron chi connectivity index (χ0n) is 14.3. The molecule has 0 saturated carbocycles. The van der Waals surface area contributed by atoms with E-state index in [1.54, 1.807) is 0 Å². The Balaban J connectivity index is 1.42. The number of fused-ring (bicyclic) bond motifs is 3. The number of anilines is 1. The summed E-state index contributed by atoms with van der Waals surface area (Å²) in [6.07, 6.45) is -0.422. The average Bonchev–Trinajstić information content (AvgIpc) is 2.99. The SMILES string of the molecule is Nc1cccc(CNC(=O)OCC2c3ccccc3-c3ccccc32)c1. The summed E-state index contributed by atoms with van der Waals surface area (Å²) >= 11 is 0. The van der Waals surface area contributed by atoms with E-state index in [9.17, 15) is 4.79 Å². The zero-order valence-corrected chi connectivity index (χ0v) is 14.3. The number of carbonyl (C=O) groups excluding carboxylic acids is 1. The van der Waals surface area contributed by atoms with Crippen LogP contribution in [0.15, 0.2) is 72.8 Å². The molecule has 0 aromatic heterocycles. The van der Waals surface area contributed by atoms with Crippen molar-refractivity contribution in [2.24, 2.45) is 0 Å². The van der Waals surface area contributed by atoms with Gasteiger partial charge in [0.05, 0.1) is 0 Å². The van der Waals surface area contributed by atoms with Gasteiger partial charge in [-0.3, -0.25) is 0 Å². The van der Waals surface area contributed by atoms with Gasteiger partial charge in [-0.1, -0.05) is 60.7 Å². The average molecular weight is 344 g/mol. The van der Waals surface area contributed by atoms with Crippen molar-refractivity contribution in [2.75, 3.05) is 12.3 Å². The van der Waals surface area contributed by atoms with Gasteiger partial charge in [0.15, 0.2) is 0 Å². The second-order valence-electron chi connectivity index (χ2n) is 6.42. The van der Waals surface area contributed by atoms with Crippen LogP contribution in [0, 0.1) is 0 Å². The molecule has 3 aromatic rings. The maximum atomic E-state index is 12.1. The number of amides is 1. The van der Waals surface area contributed by atoms with E-state index in [0.29, 0.717) is 18.8 Å². The van der Waals surface area contributed by atoms with Crippen LogP contribution in [0.25, 0.3) is 11.1 Å². The summed E-state index contributed by atoms with van der Waals surface area (Å²) in [5, 5.41) is 2.78. The van der Waals surface area contributed by atoms with Crippen molar-refractivity contribution in [2.45, 2.75) is 12.5 Å². The van der Waals surface area contributed by atoms with Gasteiger partial charge in [-0.2, -0.15) is 0 Å². The summed E-state index contributed by atoms with van der Waals surface area (Å²) in [5.41, 5.74) is 12.2. The molecule has 26 heavy (non-hydrogen) atoms. The molecule has 4 nitrogen and oxygen atoms in total. The van der Waals surface area contributed by atoms with Crippen LogP contribution >= 0.6 is 0 Å². The molecule has 0 saturated heterocycles. The van der Waals surface area contributed by atoms with E-state index in [4.69, 9.17) is 10.5 Å². The summed E-state index contributed by atoms with van der Waals surface area (Å²) in [6, 6.07) is 24.0. The predicted octanol–water partition coefficient (Wildman–Crippen LogP) is 4.31. The molecule has 1 aliphatic carbocycles.